The van der Waals surface area contributed by atoms with Crippen molar-refractivity contribution < 1.29 is 9.59 Å². The third-order valence-corrected chi connectivity index (χ3v) is 5.51. The third kappa shape index (κ3) is 6.06. The maximum Gasteiger partial charge on any atom is 0.251 e. The molecular formula is C22H32N6O2. The number of aromatic amines is 1. The second kappa shape index (κ2) is 10.2. The molecule has 162 valence electrons. The first-order valence-electron chi connectivity index (χ1n) is 10.4. The van der Waals surface area contributed by atoms with E-state index in [1.165, 1.54) is 0 Å². The summed E-state index contributed by atoms with van der Waals surface area (Å²) in [7, 11) is 5.91. The number of benzene rings is 1. The number of carbonyl (C=O) groups is 2. The minimum Gasteiger partial charge on any atom is -0.378 e. The average molecular weight is 413 g/mol. The van der Waals surface area contributed by atoms with Crippen molar-refractivity contribution in [3.8, 4) is 0 Å². The van der Waals surface area contributed by atoms with Gasteiger partial charge in [0.1, 0.15) is 0 Å². The van der Waals surface area contributed by atoms with Crippen molar-refractivity contribution in [2.24, 2.45) is 5.92 Å². The molecule has 0 saturated carbocycles. The lowest BCUT2D eigenvalue weighted by molar-refractivity contribution is -0.125. The van der Waals surface area contributed by atoms with E-state index in [1.807, 2.05) is 56.4 Å². The highest BCUT2D eigenvalue weighted by Gasteiger charge is 2.27. The lowest BCUT2D eigenvalue weighted by atomic mass is 10.0. The fraction of sp³-hybridized carbons (Fsp3) is 0.500. The molecule has 1 aliphatic rings. The normalized spacial score (nSPS) is 19.7. The van der Waals surface area contributed by atoms with Crippen molar-refractivity contribution in [2.45, 2.75) is 25.3 Å². The maximum atomic E-state index is 12.7. The molecular weight excluding hydrogens is 380 g/mol. The van der Waals surface area contributed by atoms with Gasteiger partial charge in [0.15, 0.2) is 0 Å². The summed E-state index contributed by atoms with van der Waals surface area (Å²) in [6.07, 6.45) is 3.98. The first-order chi connectivity index (χ1) is 14.4. The molecule has 8 nitrogen and oxygen atoms in total. The van der Waals surface area contributed by atoms with E-state index in [0.29, 0.717) is 18.7 Å². The number of likely N-dealkylation sites (N-methyl/N-ethyl adjacent to an activating group) is 1. The van der Waals surface area contributed by atoms with Crippen molar-refractivity contribution in [1.82, 2.24) is 25.7 Å². The number of hydrogen-bond acceptors (Lipinski definition) is 5. The van der Waals surface area contributed by atoms with Crippen molar-refractivity contribution in [3.63, 3.8) is 0 Å². The smallest absolute Gasteiger partial charge is 0.251 e. The standard InChI is InChI=1S/C22H32N6O2/c1-27(2)20-6-4-5-16(13-20)22(30)25-19-8-7-17(14-28(3)15-19)21(29)23-11-9-18-10-12-24-26-18/h4-6,10,12-13,17,19H,7-9,11,14-15H2,1-3H3,(H,23,29)(H,24,26)(H,25,30)/t17-,19+/m1/s1. The Morgan fingerprint density at radius 2 is 2.07 bits per heavy atom. The Labute approximate surface area is 178 Å². The van der Waals surface area contributed by atoms with E-state index in [9.17, 15) is 9.59 Å². The van der Waals surface area contributed by atoms with Crippen LogP contribution in [0.25, 0.3) is 0 Å². The number of carbonyl (C=O) groups excluding carboxylic acids is 2. The summed E-state index contributed by atoms with van der Waals surface area (Å²) in [5, 5.41) is 13.0. The van der Waals surface area contributed by atoms with E-state index in [4.69, 9.17) is 0 Å². The first-order valence-corrected chi connectivity index (χ1v) is 10.4. The SMILES string of the molecule is CN1C[C@@H](NC(=O)c2cccc(N(C)C)c2)CC[C@@H](C(=O)NCCc2ccn[nH]2)C1. The summed E-state index contributed by atoms with van der Waals surface area (Å²) in [5.74, 6) is -0.0673. The molecule has 2 atom stereocenters. The van der Waals surface area contributed by atoms with Gasteiger partial charge in [0, 0.05) is 69.3 Å². The number of H-pyrrole nitrogens is 1. The number of rotatable bonds is 7. The second-order valence-electron chi connectivity index (χ2n) is 8.23. The Kier molecular flexibility index (Phi) is 7.46. The molecule has 1 aliphatic heterocycles. The van der Waals surface area contributed by atoms with Gasteiger partial charge >= 0.3 is 0 Å². The van der Waals surface area contributed by atoms with Crippen LogP contribution in [0.15, 0.2) is 36.5 Å². The maximum absolute atomic E-state index is 12.7. The van der Waals surface area contributed by atoms with E-state index >= 15 is 0 Å². The molecule has 8 heteroatoms. The van der Waals surface area contributed by atoms with Crippen LogP contribution in [-0.2, 0) is 11.2 Å². The Balaban J connectivity index is 1.51. The number of nitrogens with zero attached hydrogens (tertiary/aromatic N) is 3. The van der Waals surface area contributed by atoms with Gasteiger partial charge in [-0.1, -0.05) is 6.07 Å². The molecule has 0 unspecified atom stereocenters. The molecule has 1 fully saturated rings. The summed E-state index contributed by atoms with van der Waals surface area (Å²) in [6, 6.07) is 9.53. The molecule has 1 aromatic carbocycles. The molecule has 30 heavy (non-hydrogen) atoms. The van der Waals surface area contributed by atoms with Crippen LogP contribution in [0.5, 0.6) is 0 Å². The van der Waals surface area contributed by atoms with Gasteiger partial charge in [0.25, 0.3) is 5.91 Å². The van der Waals surface area contributed by atoms with Crippen LogP contribution < -0.4 is 15.5 Å². The summed E-state index contributed by atoms with van der Waals surface area (Å²) >= 11 is 0. The van der Waals surface area contributed by atoms with Gasteiger partial charge in [-0.2, -0.15) is 5.10 Å². The molecule has 3 N–H and O–H groups in total. The molecule has 3 rings (SSSR count). The molecule has 1 aromatic heterocycles. The lowest BCUT2D eigenvalue weighted by Crippen LogP contribution is -2.42. The zero-order valence-electron chi connectivity index (χ0n) is 18.0. The molecule has 1 saturated heterocycles. The topological polar surface area (TPSA) is 93.4 Å². The number of aromatic nitrogens is 2. The largest absolute Gasteiger partial charge is 0.378 e. The predicted molar refractivity (Wildman–Crippen MR) is 118 cm³/mol. The van der Waals surface area contributed by atoms with E-state index in [0.717, 1.165) is 37.2 Å². The van der Waals surface area contributed by atoms with E-state index in [-0.39, 0.29) is 23.8 Å². The number of anilines is 1. The van der Waals surface area contributed by atoms with Gasteiger partial charge < -0.3 is 20.4 Å². The summed E-state index contributed by atoms with van der Waals surface area (Å²) < 4.78 is 0. The van der Waals surface area contributed by atoms with Crippen molar-refractivity contribution in [1.29, 1.82) is 0 Å². The highest BCUT2D eigenvalue weighted by Crippen LogP contribution is 2.18. The second-order valence-corrected chi connectivity index (χ2v) is 8.23. The van der Waals surface area contributed by atoms with Gasteiger partial charge in [-0.05, 0) is 44.2 Å². The molecule has 2 aromatic rings. The number of amides is 2. The van der Waals surface area contributed by atoms with E-state index in [2.05, 4.69) is 25.7 Å². The Morgan fingerprint density at radius 3 is 2.80 bits per heavy atom. The first kappa shape index (κ1) is 21.8. The van der Waals surface area contributed by atoms with Crippen LogP contribution in [-0.4, -0.2) is 73.7 Å². The quantitative estimate of drug-likeness (QED) is 0.637. The summed E-state index contributed by atoms with van der Waals surface area (Å²) in [5.41, 5.74) is 2.66. The van der Waals surface area contributed by atoms with Gasteiger partial charge in [0.2, 0.25) is 5.91 Å². The van der Waals surface area contributed by atoms with Gasteiger partial charge in [0.05, 0.1) is 5.92 Å². The zero-order valence-corrected chi connectivity index (χ0v) is 18.0. The number of hydrogen-bond donors (Lipinski definition) is 3. The monoisotopic (exact) mass is 412 g/mol. The van der Waals surface area contributed by atoms with Crippen molar-refractivity contribution in [3.05, 3.63) is 47.8 Å². The molecule has 0 spiro atoms. The Hall–Kier alpha value is -2.87. The Morgan fingerprint density at radius 1 is 1.23 bits per heavy atom. The summed E-state index contributed by atoms with van der Waals surface area (Å²) in [4.78, 5) is 29.5. The van der Waals surface area contributed by atoms with E-state index in [1.54, 1.807) is 6.20 Å². The third-order valence-electron chi connectivity index (χ3n) is 5.51. The predicted octanol–water partition coefficient (Wildman–Crippen LogP) is 1.27. The number of nitrogens with one attached hydrogen (secondary N) is 3. The van der Waals surface area contributed by atoms with Gasteiger partial charge in [-0.3, -0.25) is 14.7 Å². The van der Waals surface area contributed by atoms with Crippen molar-refractivity contribution >= 4 is 17.5 Å². The van der Waals surface area contributed by atoms with Gasteiger partial charge in [-0.25, -0.2) is 0 Å². The molecule has 0 radical (unpaired) electrons. The minimum absolute atomic E-state index is 0.0216. The van der Waals surface area contributed by atoms with Gasteiger partial charge in [-0.15, -0.1) is 0 Å². The Bertz CT molecular complexity index is 836. The minimum atomic E-state index is -0.0734. The lowest BCUT2D eigenvalue weighted by Gasteiger charge is -2.22. The van der Waals surface area contributed by atoms with Crippen LogP contribution in [0.4, 0.5) is 5.69 Å². The summed E-state index contributed by atoms with van der Waals surface area (Å²) in [6.45, 7) is 2.01. The highest BCUT2D eigenvalue weighted by molar-refractivity contribution is 5.95. The van der Waals surface area contributed by atoms with Crippen molar-refractivity contribution in [2.75, 3.05) is 45.7 Å². The fourth-order valence-corrected chi connectivity index (χ4v) is 3.83. The molecule has 0 aliphatic carbocycles. The molecule has 0 bridgehead atoms. The average Bonchev–Trinajstić information content (AvgIpc) is 3.17. The molecule has 2 amide bonds. The van der Waals surface area contributed by atoms with E-state index < -0.39 is 0 Å². The zero-order chi connectivity index (χ0) is 21.5. The number of likely N-dealkylation sites (tertiary alicyclic amines) is 1. The fourth-order valence-electron chi connectivity index (χ4n) is 3.83. The van der Waals surface area contributed by atoms with Crippen LogP contribution in [0.1, 0.15) is 28.9 Å². The van der Waals surface area contributed by atoms with Crippen LogP contribution >= 0.6 is 0 Å². The van der Waals surface area contributed by atoms with Crippen LogP contribution in [0, 0.1) is 5.92 Å². The highest BCUT2D eigenvalue weighted by atomic mass is 16.2. The molecule has 2 heterocycles. The van der Waals surface area contributed by atoms with Crippen LogP contribution in [0.3, 0.4) is 0 Å². The van der Waals surface area contributed by atoms with Crippen LogP contribution in [0.2, 0.25) is 0 Å².